The van der Waals surface area contributed by atoms with Crippen LogP contribution in [0.3, 0.4) is 0 Å². The van der Waals surface area contributed by atoms with E-state index in [1.54, 1.807) is 48.5 Å². The van der Waals surface area contributed by atoms with Crippen molar-refractivity contribution < 1.29 is 18.0 Å². The predicted octanol–water partition coefficient (Wildman–Crippen LogP) is 5.45. The van der Waals surface area contributed by atoms with Crippen LogP contribution in [0, 0.1) is 6.92 Å². The summed E-state index contributed by atoms with van der Waals surface area (Å²) >= 11 is 0.727. The third-order valence-corrected chi connectivity index (χ3v) is 8.11. The Hall–Kier alpha value is -4.09. The largest absolute Gasteiger partial charge is 0.322 e. The summed E-state index contributed by atoms with van der Waals surface area (Å²) in [4.78, 5) is 25.1. The van der Waals surface area contributed by atoms with Gasteiger partial charge in [0.15, 0.2) is 0 Å². The van der Waals surface area contributed by atoms with E-state index in [-0.39, 0.29) is 26.5 Å². The Kier molecular flexibility index (Phi) is 7.61. The van der Waals surface area contributed by atoms with Gasteiger partial charge in [0.25, 0.3) is 26.2 Å². The van der Waals surface area contributed by atoms with Crippen LogP contribution >= 0.6 is 11.3 Å². The van der Waals surface area contributed by atoms with Gasteiger partial charge in [-0.1, -0.05) is 68.0 Å². The van der Waals surface area contributed by atoms with Crippen LogP contribution in [-0.4, -0.2) is 30.4 Å². The fraction of sp³-hybridized carbons (Fsp3) is 0.185. The molecule has 0 fully saturated rings. The van der Waals surface area contributed by atoms with Crippen molar-refractivity contribution in [3.05, 3.63) is 95.1 Å². The summed E-state index contributed by atoms with van der Waals surface area (Å²) in [5.41, 5.74) is 3.55. The van der Waals surface area contributed by atoms with Crippen molar-refractivity contribution in [2.24, 2.45) is 0 Å². The Morgan fingerprint density at radius 2 is 1.45 bits per heavy atom. The lowest BCUT2D eigenvalue weighted by molar-refractivity contribution is 0.101. The van der Waals surface area contributed by atoms with Crippen molar-refractivity contribution in [2.45, 2.75) is 37.4 Å². The van der Waals surface area contributed by atoms with Crippen molar-refractivity contribution in [1.82, 2.24) is 10.2 Å². The van der Waals surface area contributed by atoms with Gasteiger partial charge >= 0.3 is 0 Å². The van der Waals surface area contributed by atoms with Crippen LogP contribution in [0.4, 0.5) is 16.5 Å². The van der Waals surface area contributed by atoms with E-state index in [2.05, 4.69) is 46.3 Å². The van der Waals surface area contributed by atoms with Gasteiger partial charge in [-0.25, -0.2) is 0 Å². The standard InChI is InChI=1S/C27H27N5O4S2/c1-17-7-5-8-19(15-17)24(34)29-25-30-31-26(37-25)38(35,36)32-22-10-6-9-21(16-22)28-23(33)18-11-13-20(14-12-18)27(2,3)4/h5-16,32H,1-4H3,(H,28,33)(H,29,30,34). The fourth-order valence-corrected chi connectivity index (χ4v) is 5.45. The van der Waals surface area contributed by atoms with Crippen molar-refractivity contribution in [3.8, 4) is 0 Å². The molecular weight excluding hydrogens is 522 g/mol. The predicted molar refractivity (Wildman–Crippen MR) is 149 cm³/mol. The summed E-state index contributed by atoms with van der Waals surface area (Å²) in [6.45, 7) is 8.15. The van der Waals surface area contributed by atoms with Crippen molar-refractivity contribution in [1.29, 1.82) is 0 Å². The van der Waals surface area contributed by atoms with Gasteiger partial charge in [0.2, 0.25) is 5.13 Å². The molecule has 0 spiro atoms. The molecule has 0 radical (unpaired) electrons. The van der Waals surface area contributed by atoms with E-state index in [4.69, 9.17) is 0 Å². The first-order chi connectivity index (χ1) is 17.9. The highest BCUT2D eigenvalue weighted by Crippen LogP contribution is 2.25. The number of anilines is 3. The third-order valence-electron chi connectivity index (χ3n) is 5.52. The molecule has 1 aromatic heterocycles. The number of hydrogen-bond donors (Lipinski definition) is 3. The summed E-state index contributed by atoms with van der Waals surface area (Å²) < 4.78 is 27.9. The quantitative estimate of drug-likeness (QED) is 0.263. The van der Waals surface area contributed by atoms with E-state index in [9.17, 15) is 18.0 Å². The lowest BCUT2D eigenvalue weighted by Crippen LogP contribution is -2.15. The lowest BCUT2D eigenvalue weighted by atomic mass is 9.87. The molecule has 0 atom stereocenters. The minimum absolute atomic E-state index is 0.0270. The average molecular weight is 550 g/mol. The van der Waals surface area contributed by atoms with Gasteiger partial charge < -0.3 is 5.32 Å². The summed E-state index contributed by atoms with van der Waals surface area (Å²) in [6, 6.07) is 20.6. The molecule has 0 aliphatic heterocycles. The highest BCUT2D eigenvalue weighted by molar-refractivity contribution is 7.94. The van der Waals surface area contributed by atoms with Gasteiger partial charge in [0, 0.05) is 16.8 Å². The van der Waals surface area contributed by atoms with Crippen molar-refractivity contribution in [3.63, 3.8) is 0 Å². The van der Waals surface area contributed by atoms with E-state index in [0.717, 1.165) is 22.5 Å². The molecule has 0 saturated carbocycles. The Bertz CT molecular complexity index is 1590. The molecule has 2 amide bonds. The minimum atomic E-state index is -4.08. The molecule has 4 aromatic rings. The zero-order valence-electron chi connectivity index (χ0n) is 21.3. The monoisotopic (exact) mass is 549 g/mol. The molecule has 0 saturated heterocycles. The second-order valence-electron chi connectivity index (χ2n) is 9.66. The van der Waals surface area contributed by atoms with Gasteiger partial charge in [0.05, 0.1) is 5.69 Å². The topological polar surface area (TPSA) is 130 Å². The highest BCUT2D eigenvalue weighted by Gasteiger charge is 2.22. The van der Waals surface area contributed by atoms with E-state index in [0.29, 0.717) is 16.8 Å². The zero-order valence-corrected chi connectivity index (χ0v) is 22.9. The molecular formula is C27H27N5O4S2. The molecule has 4 rings (SSSR count). The first-order valence-corrected chi connectivity index (χ1v) is 14.0. The molecule has 0 unspecified atom stereocenters. The lowest BCUT2D eigenvalue weighted by Gasteiger charge is -2.19. The molecule has 0 aliphatic rings. The number of aromatic nitrogens is 2. The van der Waals surface area contributed by atoms with E-state index in [1.807, 2.05) is 25.1 Å². The minimum Gasteiger partial charge on any atom is -0.322 e. The number of benzene rings is 3. The smallest absolute Gasteiger partial charge is 0.291 e. The number of nitrogens with one attached hydrogen (secondary N) is 3. The molecule has 38 heavy (non-hydrogen) atoms. The van der Waals surface area contributed by atoms with Crippen molar-refractivity contribution in [2.75, 3.05) is 15.4 Å². The maximum absolute atomic E-state index is 12.9. The molecule has 0 bridgehead atoms. The van der Waals surface area contributed by atoms with E-state index in [1.165, 1.54) is 6.07 Å². The number of hydrogen-bond acceptors (Lipinski definition) is 7. The zero-order chi connectivity index (χ0) is 27.5. The van der Waals surface area contributed by atoms with E-state index >= 15 is 0 Å². The molecule has 196 valence electrons. The van der Waals surface area contributed by atoms with Crippen LogP contribution in [0.2, 0.25) is 0 Å². The number of carbonyl (C=O) groups is 2. The van der Waals surface area contributed by atoms with Gasteiger partial charge in [-0.15, -0.1) is 10.2 Å². The first kappa shape index (κ1) is 27.0. The van der Waals surface area contributed by atoms with Gasteiger partial charge in [-0.2, -0.15) is 8.42 Å². The molecule has 3 aromatic carbocycles. The third kappa shape index (κ3) is 6.61. The number of aryl methyl sites for hydroxylation is 1. The SMILES string of the molecule is Cc1cccc(C(=O)Nc2nnc(S(=O)(=O)Nc3cccc(NC(=O)c4ccc(C(C)(C)C)cc4)c3)s2)c1. The molecule has 1 heterocycles. The summed E-state index contributed by atoms with van der Waals surface area (Å²) in [7, 11) is -4.08. The molecule has 9 nitrogen and oxygen atoms in total. The Labute approximate surface area is 225 Å². The number of carbonyl (C=O) groups excluding carboxylic acids is 2. The number of amides is 2. The summed E-state index contributed by atoms with van der Waals surface area (Å²) in [5.74, 6) is -0.734. The average Bonchev–Trinajstić information content (AvgIpc) is 3.33. The maximum atomic E-state index is 12.9. The normalized spacial score (nSPS) is 11.6. The van der Waals surface area contributed by atoms with Gasteiger partial charge in [0.1, 0.15) is 0 Å². The second-order valence-corrected chi connectivity index (χ2v) is 12.5. The number of nitrogens with zero attached hydrogens (tertiary/aromatic N) is 2. The van der Waals surface area contributed by atoms with Gasteiger partial charge in [-0.05, 0) is 60.4 Å². The van der Waals surface area contributed by atoms with Crippen LogP contribution in [0.25, 0.3) is 0 Å². The van der Waals surface area contributed by atoms with E-state index < -0.39 is 15.9 Å². The highest BCUT2D eigenvalue weighted by atomic mass is 32.2. The van der Waals surface area contributed by atoms with Crippen molar-refractivity contribution >= 4 is 49.7 Å². The number of rotatable bonds is 7. The Morgan fingerprint density at radius 3 is 2.13 bits per heavy atom. The van der Waals surface area contributed by atoms with Crippen LogP contribution < -0.4 is 15.4 Å². The number of sulfonamides is 1. The van der Waals surface area contributed by atoms with Gasteiger partial charge in [-0.3, -0.25) is 19.6 Å². The van der Waals surface area contributed by atoms with Crippen LogP contribution in [0.15, 0.2) is 77.1 Å². The van der Waals surface area contributed by atoms with Crippen LogP contribution in [-0.2, 0) is 15.4 Å². The molecule has 0 aliphatic carbocycles. The second kappa shape index (κ2) is 10.7. The maximum Gasteiger partial charge on any atom is 0.291 e. The van der Waals surface area contributed by atoms with Crippen LogP contribution in [0.5, 0.6) is 0 Å². The molecule has 11 heteroatoms. The molecule has 3 N–H and O–H groups in total. The first-order valence-electron chi connectivity index (χ1n) is 11.7. The summed E-state index contributed by atoms with van der Waals surface area (Å²) in [5, 5.41) is 12.9. The summed E-state index contributed by atoms with van der Waals surface area (Å²) in [6.07, 6.45) is 0. The fourth-order valence-electron chi connectivity index (χ4n) is 3.51. The van der Waals surface area contributed by atoms with Crippen LogP contribution in [0.1, 0.15) is 52.6 Å². The Morgan fingerprint density at radius 1 is 0.789 bits per heavy atom. The Balaban J connectivity index is 1.42.